The molecule has 70 heavy (non-hydrogen) atoms. The maximum absolute atomic E-state index is 13.0. The second-order valence-corrected chi connectivity index (χ2v) is 20.7. The SMILES string of the molecule is CCCCCCCCCCCCCCCCCCCC(=O)O[C@H](COC(=O)CCC[C@@H](O)[C@H](O)/C=C/C=C/C=C\C=C\[C@H](O)CCCCC)COP(=O)(O)O[C@H]1C(O)C(O)C(O)[C@@H](OP(=O)(O)O)C1O. The van der Waals surface area contributed by atoms with Crippen molar-refractivity contribution in [3.05, 3.63) is 48.6 Å². The molecule has 10 N–H and O–H groups in total. The maximum Gasteiger partial charge on any atom is 0.472 e. The van der Waals surface area contributed by atoms with E-state index < -0.39 is 102 Å². The van der Waals surface area contributed by atoms with Gasteiger partial charge in [0.25, 0.3) is 0 Å². The minimum atomic E-state index is -5.40. The smallest absolute Gasteiger partial charge is 0.462 e. The molecule has 21 heteroatoms. The van der Waals surface area contributed by atoms with Crippen molar-refractivity contribution in [3.8, 4) is 0 Å². The summed E-state index contributed by atoms with van der Waals surface area (Å²) < 4.78 is 49.2. The lowest BCUT2D eigenvalue weighted by Gasteiger charge is -2.43. The van der Waals surface area contributed by atoms with E-state index in [4.69, 9.17) is 18.5 Å². The van der Waals surface area contributed by atoms with Crippen molar-refractivity contribution in [1.82, 2.24) is 0 Å². The Labute approximate surface area is 415 Å². The molecule has 1 saturated carbocycles. The summed E-state index contributed by atoms with van der Waals surface area (Å²) in [6, 6.07) is 0. The Kier molecular flexibility index (Phi) is 37.0. The zero-order valence-corrected chi connectivity index (χ0v) is 43.3. The standard InChI is InChI=1S/C49H88O19P2/c1-3-5-7-8-9-10-11-12-13-14-15-16-17-18-19-24-28-34-43(54)66-39(37-65-70(62,63)68-49-46(57)44(55)45(56)48(47(49)58)67-69(59,60)61)36-64-42(53)35-29-33-41(52)40(51)32-27-23-21-20-22-26-31-38(50)30-25-6-4-2/h20-23,26-27,31-32,38-41,44-52,55-58H,3-19,24-25,28-30,33-37H2,1-2H3,(H,62,63)(H2,59,60,61)/b22-20-,23-21+,31-26+,32-27+/t38-,39-,40-,41-,44?,45?,46?,47?,48-,49+/m1/s1. The molecule has 1 aliphatic carbocycles. The molecular formula is C49H88O19P2. The van der Waals surface area contributed by atoms with E-state index in [1.165, 1.54) is 76.7 Å². The first-order valence-corrected chi connectivity index (χ1v) is 28.5. The lowest BCUT2D eigenvalue weighted by atomic mass is 9.85. The van der Waals surface area contributed by atoms with Gasteiger partial charge >= 0.3 is 27.6 Å². The van der Waals surface area contributed by atoms with Gasteiger partial charge in [0.15, 0.2) is 6.10 Å². The summed E-state index contributed by atoms with van der Waals surface area (Å²) in [6.45, 7) is 2.73. The Bertz CT molecular complexity index is 1590. The van der Waals surface area contributed by atoms with Crippen molar-refractivity contribution in [2.75, 3.05) is 13.2 Å². The molecule has 1 fully saturated rings. The molecule has 0 bridgehead atoms. The van der Waals surface area contributed by atoms with Crippen molar-refractivity contribution in [1.29, 1.82) is 0 Å². The average Bonchev–Trinajstić information content (AvgIpc) is 3.31. The van der Waals surface area contributed by atoms with E-state index >= 15 is 0 Å². The Morgan fingerprint density at radius 3 is 1.50 bits per heavy atom. The summed E-state index contributed by atoms with van der Waals surface area (Å²) in [7, 11) is -10.8. The van der Waals surface area contributed by atoms with E-state index in [9.17, 15) is 69.1 Å². The van der Waals surface area contributed by atoms with Crippen molar-refractivity contribution in [2.45, 2.75) is 235 Å². The molecule has 0 radical (unpaired) electrons. The third-order valence-corrected chi connectivity index (χ3v) is 13.3. The van der Waals surface area contributed by atoms with Gasteiger partial charge in [-0.3, -0.25) is 23.2 Å². The third-order valence-electron chi connectivity index (χ3n) is 11.8. The normalized spacial score (nSPS) is 22.7. The second kappa shape index (κ2) is 39.3. The van der Waals surface area contributed by atoms with Gasteiger partial charge in [0.2, 0.25) is 0 Å². The molecule has 0 aromatic rings. The molecule has 5 unspecified atom stereocenters. The first-order valence-electron chi connectivity index (χ1n) is 25.5. The Morgan fingerprint density at radius 2 is 0.971 bits per heavy atom. The van der Waals surface area contributed by atoms with Crippen molar-refractivity contribution < 1.29 is 92.2 Å². The fourth-order valence-electron chi connectivity index (χ4n) is 7.65. The number of carbonyl (C=O) groups excluding carboxylic acids is 2. The van der Waals surface area contributed by atoms with Gasteiger partial charge in [-0.1, -0.05) is 184 Å². The Balaban J connectivity index is 2.69. The number of unbranched alkanes of at least 4 members (excludes halogenated alkanes) is 18. The van der Waals surface area contributed by atoms with Gasteiger partial charge in [0.05, 0.1) is 24.9 Å². The van der Waals surface area contributed by atoms with Crippen LogP contribution in [0.4, 0.5) is 0 Å². The highest BCUT2D eigenvalue weighted by Gasteiger charge is 2.54. The van der Waals surface area contributed by atoms with Crippen molar-refractivity contribution in [3.63, 3.8) is 0 Å². The lowest BCUT2D eigenvalue weighted by Crippen LogP contribution is -2.64. The van der Waals surface area contributed by atoms with Gasteiger partial charge < -0.3 is 59.9 Å². The number of carbonyl (C=O) groups is 2. The van der Waals surface area contributed by atoms with Gasteiger partial charge in [-0.15, -0.1) is 0 Å². The molecule has 0 aromatic carbocycles. The van der Waals surface area contributed by atoms with Crippen molar-refractivity contribution >= 4 is 27.6 Å². The highest BCUT2D eigenvalue weighted by molar-refractivity contribution is 7.47. The quantitative estimate of drug-likeness (QED) is 0.0128. The molecular weight excluding hydrogens is 954 g/mol. The molecule has 1 aliphatic rings. The van der Waals surface area contributed by atoms with E-state index in [-0.39, 0.29) is 25.7 Å². The lowest BCUT2D eigenvalue weighted by molar-refractivity contribution is -0.216. The number of ether oxygens (including phenoxy) is 2. The zero-order valence-electron chi connectivity index (χ0n) is 41.5. The van der Waals surface area contributed by atoms with Crippen LogP contribution in [0.2, 0.25) is 0 Å². The van der Waals surface area contributed by atoms with Crippen LogP contribution in [-0.4, -0.2) is 137 Å². The highest BCUT2D eigenvalue weighted by Crippen LogP contribution is 2.49. The number of esters is 2. The first-order chi connectivity index (χ1) is 33.3. The fourth-order valence-corrected chi connectivity index (χ4v) is 9.18. The van der Waals surface area contributed by atoms with Gasteiger partial charge in [0, 0.05) is 12.8 Å². The van der Waals surface area contributed by atoms with Crippen LogP contribution in [0.25, 0.3) is 0 Å². The minimum absolute atomic E-state index is 0.00612. The first kappa shape index (κ1) is 65.9. The van der Waals surface area contributed by atoms with E-state index in [0.29, 0.717) is 12.8 Å². The monoisotopic (exact) mass is 1040 g/mol. The number of hydrogen-bond acceptors (Lipinski definition) is 16. The number of phosphoric ester groups is 2. The summed E-state index contributed by atoms with van der Waals surface area (Å²) in [5.41, 5.74) is 0. The number of hydrogen-bond donors (Lipinski definition) is 10. The molecule has 408 valence electrons. The number of aliphatic hydroxyl groups excluding tert-OH is 7. The molecule has 19 nitrogen and oxygen atoms in total. The van der Waals surface area contributed by atoms with E-state index in [2.05, 4.69) is 18.4 Å². The van der Waals surface area contributed by atoms with Gasteiger partial charge in [-0.2, -0.15) is 0 Å². The molecule has 0 amide bonds. The summed E-state index contributed by atoms with van der Waals surface area (Å²) in [4.78, 5) is 54.4. The summed E-state index contributed by atoms with van der Waals surface area (Å²) >= 11 is 0. The summed E-state index contributed by atoms with van der Waals surface area (Å²) in [5.74, 6) is -1.53. The number of rotatable bonds is 42. The van der Waals surface area contributed by atoms with Gasteiger partial charge in [0.1, 0.15) is 43.2 Å². The Hall–Kier alpha value is -2.16. The summed E-state index contributed by atoms with van der Waals surface area (Å²) in [6.07, 6.45) is 18.3. The van der Waals surface area contributed by atoms with Gasteiger partial charge in [-0.25, -0.2) is 9.13 Å². The van der Waals surface area contributed by atoms with Crippen LogP contribution in [0.15, 0.2) is 48.6 Å². The molecule has 1 rings (SSSR count). The molecule has 0 aliphatic heterocycles. The van der Waals surface area contributed by atoms with Crippen LogP contribution < -0.4 is 0 Å². The van der Waals surface area contributed by atoms with E-state index in [0.717, 1.165) is 51.4 Å². The van der Waals surface area contributed by atoms with Crippen LogP contribution >= 0.6 is 15.6 Å². The number of aliphatic hydroxyl groups is 7. The molecule has 0 aromatic heterocycles. The summed E-state index contributed by atoms with van der Waals surface area (Å²) in [5, 5.41) is 71.9. The van der Waals surface area contributed by atoms with Crippen LogP contribution in [0.3, 0.4) is 0 Å². The highest BCUT2D eigenvalue weighted by atomic mass is 31.2. The van der Waals surface area contributed by atoms with Gasteiger partial charge in [-0.05, 0) is 25.7 Å². The maximum atomic E-state index is 13.0. The van der Waals surface area contributed by atoms with E-state index in [1.807, 2.05) is 0 Å². The largest absolute Gasteiger partial charge is 0.472 e. The predicted octanol–water partition coefficient (Wildman–Crippen LogP) is 6.98. The number of allylic oxidation sites excluding steroid dienone is 6. The number of phosphoric acid groups is 2. The zero-order chi connectivity index (χ0) is 52.2. The van der Waals surface area contributed by atoms with Crippen LogP contribution in [0.1, 0.15) is 174 Å². The molecule has 0 heterocycles. The second-order valence-electron chi connectivity index (χ2n) is 18.1. The van der Waals surface area contributed by atoms with Crippen LogP contribution in [-0.2, 0) is 41.8 Å². The molecule has 11 atom stereocenters. The third kappa shape index (κ3) is 32.8. The average molecular weight is 1040 g/mol. The predicted molar refractivity (Wildman–Crippen MR) is 264 cm³/mol. The minimum Gasteiger partial charge on any atom is -0.462 e. The van der Waals surface area contributed by atoms with Crippen LogP contribution in [0.5, 0.6) is 0 Å². The molecule has 0 spiro atoms. The fraction of sp³-hybridized carbons (Fsp3) is 0.796. The van der Waals surface area contributed by atoms with Crippen LogP contribution in [0, 0.1) is 0 Å². The topological polar surface area (TPSA) is 317 Å². The Morgan fingerprint density at radius 1 is 0.514 bits per heavy atom. The molecule has 0 saturated heterocycles. The van der Waals surface area contributed by atoms with E-state index in [1.54, 1.807) is 42.5 Å². The van der Waals surface area contributed by atoms with Crippen molar-refractivity contribution in [2.24, 2.45) is 0 Å².